The van der Waals surface area contributed by atoms with Crippen molar-refractivity contribution >= 4 is 5.96 Å². The van der Waals surface area contributed by atoms with Gasteiger partial charge in [-0.1, -0.05) is 79.7 Å². The van der Waals surface area contributed by atoms with Crippen molar-refractivity contribution in [1.82, 2.24) is 20.8 Å². The van der Waals surface area contributed by atoms with Gasteiger partial charge in [0.2, 0.25) is 5.89 Å². The van der Waals surface area contributed by atoms with Crippen molar-refractivity contribution in [2.75, 3.05) is 19.6 Å². The minimum Gasteiger partial charge on any atom is -0.357 e. The Labute approximate surface area is 178 Å². The Kier molecular flexibility index (Phi) is 8.01. The van der Waals surface area contributed by atoms with Crippen molar-refractivity contribution < 1.29 is 4.52 Å². The van der Waals surface area contributed by atoms with Crippen molar-refractivity contribution in [2.45, 2.75) is 39.0 Å². The van der Waals surface area contributed by atoms with Gasteiger partial charge in [-0.05, 0) is 18.1 Å². The third-order valence-electron chi connectivity index (χ3n) is 4.81. The Morgan fingerprint density at radius 1 is 0.967 bits per heavy atom. The van der Waals surface area contributed by atoms with Gasteiger partial charge in [-0.25, -0.2) is 0 Å². The van der Waals surface area contributed by atoms with Crippen molar-refractivity contribution in [1.29, 1.82) is 0 Å². The molecule has 0 unspecified atom stereocenters. The van der Waals surface area contributed by atoms with E-state index in [4.69, 9.17) is 9.52 Å². The Bertz CT molecular complexity index is 866. The zero-order valence-corrected chi connectivity index (χ0v) is 18.0. The Morgan fingerprint density at radius 3 is 2.13 bits per heavy atom. The highest BCUT2D eigenvalue weighted by atomic mass is 16.5. The minimum absolute atomic E-state index is 0.201. The molecule has 0 aliphatic heterocycles. The molecule has 1 aromatic heterocycles. The molecule has 0 aliphatic carbocycles. The van der Waals surface area contributed by atoms with Gasteiger partial charge in [-0.3, -0.25) is 4.99 Å². The molecule has 0 atom stereocenters. The van der Waals surface area contributed by atoms with E-state index in [9.17, 15) is 0 Å². The highest BCUT2D eigenvalue weighted by molar-refractivity contribution is 5.79. The first-order valence-electron chi connectivity index (χ1n) is 10.6. The molecule has 0 bridgehead atoms. The van der Waals surface area contributed by atoms with Gasteiger partial charge in [0.1, 0.15) is 0 Å². The van der Waals surface area contributed by atoms with Crippen molar-refractivity contribution in [3.63, 3.8) is 0 Å². The summed E-state index contributed by atoms with van der Waals surface area (Å²) in [5.74, 6) is 2.65. The maximum absolute atomic E-state index is 5.32. The summed E-state index contributed by atoms with van der Waals surface area (Å²) in [6, 6.07) is 21.0. The Hall–Kier alpha value is -3.15. The second-order valence-corrected chi connectivity index (χ2v) is 7.47. The number of guanidine groups is 1. The molecule has 0 saturated carbocycles. The van der Waals surface area contributed by atoms with Crippen LogP contribution < -0.4 is 10.6 Å². The van der Waals surface area contributed by atoms with E-state index in [1.807, 2.05) is 12.1 Å². The normalized spacial score (nSPS) is 11.8. The predicted octanol–water partition coefficient (Wildman–Crippen LogP) is 4.12. The van der Waals surface area contributed by atoms with E-state index < -0.39 is 0 Å². The zero-order chi connectivity index (χ0) is 21.2. The lowest BCUT2D eigenvalue weighted by Gasteiger charge is -2.17. The molecular formula is C24H31N5O. The Morgan fingerprint density at radius 2 is 1.60 bits per heavy atom. The fourth-order valence-electron chi connectivity index (χ4n) is 3.19. The molecule has 0 spiro atoms. The standard InChI is InChI=1S/C24H31N5O/c1-4-25-24(26-16-15-22-28-23(18(2)3)29-30-22)27-17-21(19-11-7-5-8-12-19)20-13-9-6-10-14-20/h5-14,18,21H,4,15-17H2,1-3H3,(H2,25,26,27). The molecule has 2 aromatic carbocycles. The maximum Gasteiger partial charge on any atom is 0.228 e. The monoisotopic (exact) mass is 405 g/mol. The van der Waals surface area contributed by atoms with Gasteiger partial charge in [-0.2, -0.15) is 4.98 Å². The van der Waals surface area contributed by atoms with Crippen LogP contribution in [0.3, 0.4) is 0 Å². The summed E-state index contributed by atoms with van der Waals surface area (Å²) in [5.41, 5.74) is 2.52. The third kappa shape index (κ3) is 6.17. The summed E-state index contributed by atoms with van der Waals surface area (Å²) in [6.45, 7) is 8.30. The van der Waals surface area contributed by atoms with Crippen LogP contribution in [0.1, 0.15) is 55.4 Å². The number of nitrogens with one attached hydrogen (secondary N) is 2. The van der Waals surface area contributed by atoms with Crippen molar-refractivity contribution in [3.8, 4) is 0 Å². The molecule has 158 valence electrons. The molecular weight excluding hydrogens is 374 g/mol. The van der Waals surface area contributed by atoms with E-state index in [-0.39, 0.29) is 11.8 Å². The predicted molar refractivity (Wildman–Crippen MR) is 121 cm³/mol. The second-order valence-electron chi connectivity index (χ2n) is 7.47. The summed E-state index contributed by atoms with van der Waals surface area (Å²) in [5, 5.41) is 10.7. The van der Waals surface area contributed by atoms with Crippen LogP contribution in [0.5, 0.6) is 0 Å². The zero-order valence-electron chi connectivity index (χ0n) is 18.0. The average Bonchev–Trinajstić information content (AvgIpc) is 3.25. The second kappa shape index (κ2) is 11.1. The van der Waals surface area contributed by atoms with E-state index in [0.717, 1.165) is 18.3 Å². The maximum atomic E-state index is 5.32. The first-order chi connectivity index (χ1) is 14.7. The quantitative estimate of drug-likeness (QED) is 0.414. The molecule has 6 heteroatoms. The van der Waals surface area contributed by atoms with Crippen molar-refractivity contribution in [2.24, 2.45) is 4.99 Å². The highest BCUT2D eigenvalue weighted by Crippen LogP contribution is 2.24. The van der Waals surface area contributed by atoms with E-state index >= 15 is 0 Å². The lowest BCUT2D eigenvalue weighted by Crippen LogP contribution is -2.38. The molecule has 0 fully saturated rings. The van der Waals surface area contributed by atoms with Crippen LogP contribution in [0.15, 0.2) is 70.2 Å². The van der Waals surface area contributed by atoms with Gasteiger partial charge in [0.25, 0.3) is 0 Å². The lowest BCUT2D eigenvalue weighted by atomic mass is 9.91. The van der Waals surface area contributed by atoms with Gasteiger partial charge in [0.15, 0.2) is 11.8 Å². The van der Waals surface area contributed by atoms with Gasteiger partial charge in [-0.15, -0.1) is 0 Å². The van der Waals surface area contributed by atoms with Gasteiger partial charge >= 0.3 is 0 Å². The summed E-state index contributed by atoms with van der Waals surface area (Å²) < 4.78 is 5.32. The highest BCUT2D eigenvalue weighted by Gasteiger charge is 2.14. The van der Waals surface area contributed by atoms with E-state index in [2.05, 4.69) is 90.1 Å². The summed E-state index contributed by atoms with van der Waals surface area (Å²) in [6.07, 6.45) is 0.658. The average molecular weight is 406 g/mol. The van der Waals surface area contributed by atoms with Crippen LogP contribution in [0.4, 0.5) is 0 Å². The van der Waals surface area contributed by atoms with Crippen molar-refractivity contribution in [3.05, 3.63) is 83.5 Å². The number of aliphatic imine (C=N–C) groups is 1. The summed E-state index contributed by atoms with van der Waals surface area (Å²) in [4.78, 5) is 9.29. The summed E-state index contributed by atoms with van der Waals surface area (Å²) in [7, 11) is 0. The summed E-state index contributed by atoms with van der Waals surface area (Å²) >= 11 is 0. The molecule has 3 aromatic rings. The number of benzene rings is 2. The largest absolute Gasteiger partial charge is 0.357 e. The molecule has 30 heavy (non-hydrogen) atoms. The van der Waals surface area contributed by atoms with E-state index in [1.165, 1.54) is 11.1 Å². The Balaban J connectivity index is 1.66. The molecule has 2 N–H and O–H groups in total. The van der Waals surface area contributed by atoms with Crippen LogP contribution in [0.25, 0.3) is 0 Å². The molecule has 3 rings (SSSR count). The first kappa shape index (κ1) is 21.6. The number of rotatable bonds is 9. The minimum atomic E-state index is 0.201. The molecule has 0 saturated heterocycles. The third-order valence-corrected chi connectivity index (χ3v) is 4.81. The molecule has 1 heterocycles. The fourth-order valence-corrected chi connectivity index (χ4v) is 3.19. The molecule has 0 amide bonds. The number of hydrogen-bond acceptors (Lipinski definition) is 4. The van der Waals surface area contributed by atoms with Gasteiger partial charge < -0.3 is 15.2 Å². The van der Waals surface area contributed by atoms with Crippen LogP contribution in [-0.4, -0.2) is 35.7 Å². The number of hydrogen-bond donors (Lipinski definition) is 2. The van der Waals surface area contributed by atoms with Crippen LogP contribution in [0.2, 0.25) is 0 Å². The number of nitrogens with zero attached hydrogens (tertiary/aromatic N) is 3. The smallest absolute Gasteiger partial charge is 0.228 e. The van der Waals surface area contributed by atoms with Crippen LogP contribution >= 0.6 is 0 Å². The molecule has 6 nitrogen and oxygen atoms in total. The molecule has 0 aliphatic rings. The number of aromatic nitrogens is 2. The van der Waals surface area contributed by atoms with Crippen LogP contribution in [0, 0.1) is 0 Å². The molecule has 0 radical (unpaired) electrons. The van der Waals surface area contributed by atoms with Gasteiger partial charge in [0, 0.05) is 31.3 Å². The topological polar surface area (TPSA) is 75.3 Å². The first-order valence-corrected chi connectivity index (χ1v) is 10.6. The van der Waals surface area contributed by atoms with E-state index in [0.29, 0.717) is 25.4 Å². The van der Waals surface area contributed by atoms with Gasteiger partial charge in [0.05, 0.1) is 6.54 Å². The van der Waals surface area contributed by atoms with E-state index in [1.54, 1.807) is 0 Å². The SMILES string of the molecule is CCNC(=NCC(c1ccccc1)c1ccccc1)NCCc1nc(C(C)C)no1. The fraction of sp³-hybridized carbons (Fsp3) is 0.375. The lowest BCUT2D eigenvalue weighted by molar-refractivity contribution is 0.371. The van der Waals surface area contributed by atoms with Crippen LogP contribution in [-0.2, 0) is 6.42 Å².